The van der Waals surface area contributed by atoms with E-state index in [9.17, 15) is 9.59 Å². The molecule has 2 rings (SSSR count). The molecule has 1 saturated heterocycles. The van der Waals surface area contributed by atoms with Crippen molar-refractivity contribution in [3.05, 3.63) is 22.7 Å². The molecule has 170 valence electrons. The maximum atomic E-state index is 12.6. The molecule has 0 atom stereocenters. The number of methoxy groups -OCH3 is 1. The number of carbonyl (C=O) groups is 2. The largest absolute Gasteiger partial charge is 0.496 e. The number of likely N-dealkylation sites (tertiary alicyclic amines) is 1. The van der Waals surface area contributed by atoms with Crippen LogP contribution in [0.1, 0.15) is 55.8 Å². The molecule has 0 radical (unpaired) electrons. The summed E-state index contributed by atoms with van der Waals surface area (Å²) in [6.07, 6.45) is 5.88. The molecule has 0 unspecified atom stereocenters. The average molecular weight is 462 g/mol. The highest BCUT2D eigenvalue weighted by Crippen LogP contribution is 2.29. The summed E-state index contributed by atoms with van der Waals surface area (Å²) in [7, 11) is 1.49. The molecule has 3 N–H and O–H groups in total. The van der Waals surface area contributed by atoms with Crippen LogP contribution in [0.25, 0.3) is 0 Å². The fraction of sp³-hybridized carbons (Fsp3) is 0.619. The number of nitrogen functional groups attached to an aromatic ring is 1. The van der Waals surface area contributed by atoms with E-state index in [2.05, 4.69) is 17.1 Å². The van der Waals surface area contributed by atoms with Crippen molar-refractivity contribution in [2.24, 2.45) is 0 Å². The van der Waals surface area contributed by atoms with E-state index in [-0.39, 0.29) is 30.3 Å². The number of ether oxygens (including phenoxy) is 2. The number of nitrogens with zero attached hydrogens (tertiary/aromatic N) is 1. The van der Waals surface area contributed by atoms with Crippen LogP contribution in [0, 0.1) is 0 Å². The van der Waals surface area contributed by atoms with Crippen molar-refractivity contribution in [2.75, 3.05) is 39.1 Å². The fourth-order valence-corrected chi connectivity index (χ4v) is 3.52. The van der Waals surface area contributed by atoms with Crippen LogP contribution in [0.5, 0.6) is 5.75 Å². The molecule has 30 heavy (non-hydrogen) atoms. The molecule has 0 spiro atoms. The van der Waals surface area contributed by atoms with Crippen molar-refractivity contribution in [3.63, 3.8) is 0 Å². The third-order valence-electron chi connectivity index (χ3n) is 5.10. The maximum absolute atomic E-state index is 12.6. The number of hydrogen-bond donors (Lipinski definition) is 2. The minimum Gasteiger partial charge on any atom is -0.496 e. The highest BCUT2D eigenvalue weighted by Gasteiger charge is 2.24. The molecule has 0 saturated carbocycles. The first-order chi connectivity index (χ1) is 13.9. The SMILES string of the molecule is CCCCCCOC(=O)CN1CCC(NC(=O)c2cc(Cl)c(N)cc2OC)CC1.Cl. The number of nitrogens with two attached hydrogens (primary N) is 1. The number of amides is 1. The minimum absolute atomic E-state index is 0. The van der Waals surface area contributed by atoms with E-state index in [4.69, 9.17) is 26.8 Å². The van der Waals surface area contributed by atoms with Gasteiger partial charge in [0, 0.05) is 25.2 Å². The zero-order chi connectivity index (χ0) is 21.2. The molecule has 1 aromatic rings. The van der Waals surface area contributed by atoms with Crippen LogP contribution in [0.3, 0.4) is 0 Å². The highest BCUT2D eigenvalue weighted by atomic mass is 35.5. The van der Waals surface area contributed by atoms with Crippen LogP contribution in [0.4, 0.5) is 5.69 Å². The minimum atomic E-state index is -0.242. The van der Waals surface area contributed by atoms with E-state index in [1.807, 2.05) is 0 Å². The molecule has 1 aromatic carbocycles. The molecule has 1 heterocycles. The molecule has 1 amide bonds. The van der Waals surface area contributed by atoms with Crippen molar-refractivity contribution in [1.29, 1.82) is 0 Å². The Labute approximate surface area is 190 Å². The van der Waals surface area contributed by atoms with Crippen LogP contribution in [-0.4, -0.2) is 56.2 Å². The van der Waals surface area contributed by atoms with Crippen molar-refractivity contribution < 1.29 is 19.1 Å². The molecule has 1 fully saturated rings. The first-order valence-electron chi connectivity index (χ1n) is 10.3. The van der Waals surface area contributed by atoms with Crippen molar-refractivity contribution in [3.8, 4) is 5.75 Å². The highest BCUT2D eigenvalue weighted by molar-refractivity contribution is 6.33. The number of halogens is 2. The lowest BCUT2D eigenvalue weighted by molar-refractivity contribution is -0.145. The van der Waals surface area contributed by atoms with Gasteiger partial charge in [-0.15, -0.1) is 12.4 Å². The number of unbranched alkanes of at least 4 members (excludes halogenated alkanes) is 3. The van der Waals surface area contributed by atoms with Crippen LogP contribution in [-0.2, 0) is 9.53 Å². The van der Waals surface area contributed by atoms with Gasteiger partial charge < -0.3 is 20.5 Å². The summed E-state index contributed by atoms with van der Waals surface area (Å²) in [5, 5.41) is 3.34. The first kappa shape index (κ1) is 26.3. The number of carbonyl (C=O) groups excluding carboxylic acids is 2. The first-order valence-corrected chi connectivity index (χ1v) is 10.6. The molecular formula is C21H33Cl2N3O4. The standard InChI is InChI=1S/C21H32ClN3O4.ClH/c1-3-4-5-6-11-29-20(26)14-25-9-7-15(8-10-25)24-21(27)16-12-17(22)18(23)13-19(16)28-2;/h12-13,15H,3-11,14,23H2,1-2H3,(H,24,27);1H. The smallest absolute Gasteiger partial charge is 0.320 e. The number of hydrogen-bond acceptors (Lipinski definition) is 6. The van der Waals surface area contributed by atoms with Crippen molar-refractivity contribution in [1.82, 2.24) is 10.2 Å². The third kappa shape index (κ3) is 8.20. The van der Waals surface area contributed by atoms with Gasteiger partial charge in [-0.1, -0.05) is 37.8 Å². The Morgan fingerprint density at radius 1 is 1.23 bits per heavy atom. The number of anilines is 1. The second kappa shape index (κ2) is 13.6. The maximum Gasteiger partial charge on any atom is 0.320 e. The fourth-order valence-electron chi connectivity index (χ4n) is 3.36. The molecule has 0 aromatic heterocycles. The Hall–Kier alpha value is -1.70. The number of rotatable bonds is 10. The zero-order valence-electron chi connectivity index (χ0n) is 17.7. The van der Waals surface area contributed by atoms with Crippen LogP contribution < -0.4 is 15.8 Å². The van der Waals surface area contributed by atoms with Gasteiger partial charge in [-0.25, -0.2) is 0 Å². The van der Waals surface area contributed by atoms with E-state index in [1.54, 1.807) is 6.07 Å². The van der Waals surface area contributed by atoms with Gasteiger partial charge in [-0.3, -0.25) is 14.5 Å². The van der Waals surface area contributed by atoms with Crippen molar-refractivity contribution in [2.45, 2.75) is 51.5 Å². The Morgan fingerprint density at radius 3 is 2.57 bits per heavy atom. The van der Waals surface area contributed by atoms with E-state index >= 15 is 0 Å². The lowest BCUT2D eigenvalue weighted by atomic mass is 10.0. The number of piperidine rings is 1. The molecule has 0 bridgehead atoms. The average Bonchev–Trinajstić information content (AvgIpc) is 2.71. The molecule has 0 aliphatic carbocycles. The summed E-state index contributed by atoms with van der Waals surface area (Å²) >= 11 is 6.05. The van der Waals surface area contributed by atoms with Gasteiger partial charge in [0.1, 0.15) is 5.75 Å². The van der Waals surface area contributed by atoms with Gasteiger partial charge >= 0.3 is 5.97 Å². The second-order valence-corrected chi connectivity index (χ2v) is 7.79. The van der Waals surface area contributed by atoms with E-state index in [0.29, 0.717) is 35.2 Å². The van der Waals surface area contributed by atoms with Gasteiger partial charge in [0.25, 0.3) is 5.91 Å². The summed E-state index contributed by atoms with van der Waals surface area (Å²) in [6, 6.07) is 3.11. The second-order valence-electron chi connectivity index (χ2n) is 7.38. The summed E-state index contributed by atoms with van der Waals surface area (Å²) in [5.41, 5.74) is 6.50. The third-order valence-corrected chi connectivity index (χ3v) is 5.43. The number of benzene rings is 1. The summed E-state index contributed by atoms with van der Waals surface area (Å²) < 4.78 is 10.5. The van der Waals surface area contributed by atoms with E-state index < -0.39 is 0 Å². The predicted octanol–water partition coefficient (Wildman–Crippen LogP) is 3.67. The summed E-state index contributed by atoms with van der Waals surface area (Å²) in [4.78, 5) is 26.6. The normalized spacial score (nSPS) is 14.6. The van der Waals surface area contributed by atoms with Gasteiger partial charge in [0.2, 0.25) is 0 Å². The quantitative estimate of drug-likeness (QED) is 0.313. The van der Waals surface area contributed by atoms with E-state index in [0.717, 1.165) is 45.2 Å². The lowest BCUT2D eigenvalue weighted by Crippen LogP contribution is -2.46. The van der Waals surface area contributed by atoms with Gasteiger partial charge in [-0.2, -0.15) is 0 Å². The Morgan fingerprint density at radius 2 is 1.93 bits per heavy atom. The summed E-state index contributed by atoms with van der Waals surface area (Å²) in [6.45, 7) is 4.41. The number of nitrogens with one attached hydrogen (secondary N) is 1. The molecule has 7 nitrogen and oxygen atoms in total. The van der Waals surface area contributed by atoms with Gasteiger partial charge in [0.05, 0.1) is 36.5 Å². The zero-order valence-corrected chi connectivity index (χ0v) is 19.3. The molecule has 1 aliphatic rings. The van der Waals surface area contributed by atoms with Crippen molar-refractivity contribution >= 4 is 41.6 Å². The van der Waals surface area contributed by atoms with Crippen LogP contribution in [0.15, 0.2) is 12.1 Å². The molecule has 9 heteroatoms. The van der Waals surface area contributed by atoms with E-state index in [1.165, 1.54) is 19.6 Å². The Balaban J connectivity index is 0.00000450. The Bertz CT molecular complexity index is 695. The monoisotopic (exact) mass is 461 g/mol. The predicted molar refractivity (Wildman–Crippen MR) is 122 cm³/mol. The molecule has 1 aliphatic heterocycles. The Kier molecular flexibility index (Phi) is 11.9. The number of esters is 1. The topological polar surface area (TPSA) is 93.9 Å². The lowest BCUT2D eigenvalue weighted by Gasteiger charge is -2.31. The van der Waals surface area contributed by atoms with Crippen LogP contribution in [0.2, 0.25) is 5.02 Å². The summed E-state index contributed by atoms with van der Waals surface area (Å²) in [5.74, 6) is -0.0255. The van der Waals surface area contributed by atoms with Gasteiger partial charge in [-0.05, 0) is 25.3 Å². The van der Waals surface area contributed by atoms with Gasteiger partial charge in [0.15, 0.2) is 0 Å². The van der Waals surface area contributed by atoms with Crippen LogP contribution >= 0.6 is 24.0 Å². The molecular weight excluding hydrogens is 429 g/mol.